The van der Waals surface area contributed by atoms with Gasteiger partial charge in [0.1, 0.15) is 12.0 Å². The van der Waals surface area contributed by atoms with E-state index in [2.05, 4.69) is 4.72 Å². The Kier molecular flexibility index (Phi) is 4.10. The van der Waals surface area contributed by atoms with Gasteiger partial charge in [0, 0.05) is 19.0 Å². The zero-order valence-electron chi connectivity index (χ0n) is 12.1. The van der Waals surface area contributed by atoms with Gasteiger partial charge < -0.3 is 14.3 Å². The summed E-state index contributed by atoms with van der Waals surface area (Å²) in [6.45, 7) is 0.862. The van der Waals surface area contributed by atoms with Gasteiger partial charge in [-0.1, -0.05) is 12.1 Å². The molecule has 0 amide bonds. The van der Waals surface area contributed by atoms with Gasteiger partial charge in [-0.2, -0.15) is 0 Å². The van der Waals surface area contributed by atoms with Crippen molar-refractivity contribution in [3.8, 4) is 5.75 Å². The van der Waals surface area contributed by atoms with E-state index in [1.165, 1.54) is 0 Å². The normalized spacial score (nSPS) is 13.6. The van der Waals surface area contributed by atoms with E-state index in [4.69, 9.17) is 14.3 Å². The lowest BCUT2D eigenvalue weighted by atomic mass is 10.1. The lowest BCUT2D eigenvalue weighted by molar-refractivity contribution is 0.0696. The largest absolute Gasteiger partial charge is 0.493 e. The molecule has 0 bridgehead atoms. The fraction of sp³-hybridized carbons (Fsp3) is 0.267. The Balaban J connectivity index is 1.62. The molecule has 23 heavy (non-hydrogen) atoms. The number of benzene rings is 1. The van der Waals surface area contributed by atoms with Crippen LogP contribution < -0.4 is 9.46 Å². The number of nitrogens with one attached hydrogen (secondary N) is 1. The van der Waals surface area contributed by atoms with E-state index in [9.17, 15) is 13.2 Å². The summed E-state index contributed by atoms with van der Waals surface area (Å²) in [7, 11) is -3.86. The number of hydrogen-bond acceptors (Lipinski definition) is 5. The molecule has 2 N–H and O–H groups in total. The molecule has 0 aliphatic carbocycles. The predicted molar refractivity (Wildman–Crippen MR) is 80.2 cm³/mol. The van der Waals surface area contributed by atoms with Crippen LogP contribution in [0.25, 0.3) is 0 Å². The van der Waals surface area contributed by atoms with E-state index >= 15 is 0 Å². The van der Waals surface area contributed by atoms with Gasteiger partial charge in [-0.25, -0.2) is 17.9 Å². The molecule has 8 heteroatoms. The van der Waals surface area contributed by atoms with Crippen LogP contribution in [0.4, 0.5) is 0 Å². The smallest absolute Gasteiger partial charge is 0.339 e. The van der Waals surface area contributed by atoms with Gasteiger partial charge in [-0.15, -0.1) is 0 Å². The number of hydrogen-bond donors (Lipinski definition) is 2. The number of furan rings is 1. The molecule has 0 fully saturated rings. The van der Waals surface area contributed by atoms with Crippen LogP contribution in [0, 0.1) is 0 Å². The quantitative estimate of drug-likeness (QED) is 0.826. The van der Waals surface area contributed by atoms with Gasteiger partial charge in [-0.3, -0.25) is 0 Å². The molecule has 1 aliphatic rings. The SMILES string of the molecule is O=C(O)c1coc(S(=O)(=O)NCCc2ccc3c(c2)CCO3)c1. The minimum absolute atomic E-state index is 0.186. The van der Waals surface area contributed by atoms with Crippen LogP contribution in [0.5, 0.6) is 5.75 Å². The first-order valence-electron chi connectivity index (χ1n) is 7.02. The van der Waals surface area contributed by atoms with Gasteiger partial charge in [0.25, 0.3) is 10.0 Å². The van der Waals surface area contributed by atoms with Gasteiger partial charge in [0.05, 0.1) is 12.2 Å². The third kappa shape index (κ3) is 3.38. The number of sulfonamides is 1. The summed E-state index contributed by atoms with van der Waals surface area (Å²) < 4.78 is 36.7. The average Bonchev–Trinajstić information content (AvgIpc) is 3.16. The highest BCUT2D eigenvalue weighted by Crippen LogP contribution is 2.26. The van der Waals surface area contributed by atoms with Crippen molar-refractivity contribution in [2.75, 3.05) is 13.2 Å². The highest BCUT2D eigenvalue weighted by atomic mass is 32.2. The van der Waals surface area contributed by atoms with Crippen LogP contribution >= 0.6 is 0 Å². The third-order valence-electron chi connectivity index (χ3n) is 3.55. The Bertz CT molecular complexity index is 839. The second-order valence-corrected chi connectivity index (χ2v) is 6.85. The number of ether oxygens (including phenoxy) is 1. The van der Waals surface area contributed by atoms with E-state index in [-0.39, 0.29) is 12.1 Å². The fourth-order valence-electron chi connectivity index (χ4n) is 2.37. The molecule has 122 valence electrons. The number of aromatic carboxylic acids is 1. The number of carbonyl (C=O) groups is 1. The highest BCUT2D eigenvalue weighted by Gasteiger charge is 2.20. The van der Waals surface area contributed by atoms with Crippen LogP contribution in [0.3, 0.4) is 0 Å². The van der Waals surface area contributed by atoms with E-state index in [1.807, 2.05) is 18.2 Å². The fourth-order valence-corrected chi connectivity index (χ4v) is 3.34. The van der Waals surface area contributed by atoms with Crippen molar-refractivity contribution in [3.05, 3.63) is 47.2 Å². The average molecular weight is 337 g/mol. The summed E-state index contributed by atoms with van der Waals surface area (Å²) in [5.74, 6) is -0.360. The first kappa shape index (κ1) is 15.6. The van der Waals surface area contributed by atoms with Crippen molar-refractivity contribution in [1.82, 2.24) is 4.72 Å². The number of carboxylic acids is 1. The molecule has 0 unspecified atom stereocenters. The lowest BCUT2D eigenvalue weighted by Crippen LogP contribution is -2.25. The number of rotatable bonds is 6. The molecule has 0 saturated carbocycles. The molecule has 1 aliphatic heterocycles. The molecule has 7 nitrogen and oxygen atoms in total. The zero-order valence-corrected chi connectivity index (χ0v) is 12.9. The molecule has 0 atom stereocenters. The van der Waals surface area contributed by atoms with Crippen LogP contribution in [-0.2, 0) is 22.9 Å². The predicted octanol–water partition coefficient (Wildman–Crippen LogP) is 1.43. The van der Waals surface area contributed by atoms with E-state index in [0.717, 1.165) is 35.6 Å². The second kappa shape index (κ2) is 6.05. The van der Waals surface area contributed by atoms with Crippen molar-refractivity contribution < 1.29 is 27.5 Å². The number of carboxylic acid groups (broad SMARTS) is 1. The van der Waals surface area contributed by atoms with Crippen molar-refractivity contribution in [2.45, 2.75) is 17.9 Å². The molecule has 1 aromatic heterocycles. The van der Waals surface area contributed by atoms with Gasteiger partial charge >= 0.3 is 5.97 Å². The molecular weight excluding hydrogens is 322 g/mol. The first-order valence-corrected chi connectivity index (χ1v) is 8.50. The standard InChI is InChI=1S/C15H15NO6S/c17-15(18)12-8-14(22-9-12)23(19,20)16-5-3-10-1-2-13-11(7-10)4-6-21-13/h1-2,7-9,16H,3-6H2,(H,17,18). The second-order valence-electron chi connectivity index (χ2n) is 5.15. The molecule has 1 aromatic carbocycles. The maximum Gasteiger partial charge on any atom is 0.339 e. The highest BCUT2D eigenvalue weighted by molar-refractivity contribution is 7.89. The molecular formula is C15H15NO6S. The summed E-state index contributed by atoms with van der Waals surface area (Å²) >= 11 is 0. The monoisotopic (exact) mass is 337 g/mol. The van der Waals surface area contributed by atoms with Crippen molar-refractivity contribution in [2.24, 2.45) is 0 Å². The van der Waals surface area contributed by atoms with Gasteiger partial charge in [-0.05, 0) is 23.6 Å². The molecule has 0 radical (unpaired) electrons. The third-order valence-corrected chi connectivity index (χ3v) is 4.87. The van der Waals surface area contributed by atoms with Gasteiger partial charge in [0.2, 0.25) is 5.09 Å². The Morgan fingerprint density at radius 1 is 1.30 bits per heavy atom. The Hall–Kier alpha value is -2.32. The summed E-state index contributed by atoms with van der Waals surface area (Å²) in [4.78, 5) is 10.7. The minimum Gasteiger partial charge on any atom is -0.493 e. The lowest BCUT2D eigenvalue weighted by Gasteiger charge is -2.06. The van der Waals surface area contributed by atoms with Crippen molar-refractivity contribution in [3.63, 3.8) is 0 Å². The summed E-state index contributed by atoms with van der Waals surface area (Å²) in [6.07, 6.45) is 2.27. The zero-order chi connectivity index (χ0) is 16.4. The summed E-state index contributed by atoms with van der Waals surface area (Å²) in [5.41, 5.74) is 1.93. The Morgan fingerprint density at radius 3 is 2.87 bits per heavy atom. The van der Waals surface area contributed by atoms with Crippen LogP contribution in [0.2, 0.25) is 0 Å². The number of fused-ring (bicyclic) bond motifs is 1. The Labute approximate surface area is 132 Å². The Morgan fingerprint density at radius 2 is 2.13 bits per heavy atom. The molecule has 0 saturated heterocycles. The first-order chi connectivity index (χ1) is 11.0. The van der Waals surface area contributed by atoms with E-state index < -0.39 is 21.1 Å². The van der Waals surface area contributed by atoms with Crippen LogP contribution in [-0.4, -0.2) is 32.6 Å². The molecule has 0 spiro atoms. The topological polar surface area (TPSA) is 106 Å². The van der Waals surface area contributed by atoms with Crippen molar-refractivity contribution >= 4 is 16.0 Å². The molecule has 3 rings (SSSR count). The summed E-state index contributed by atoms with van der Waals surface area (Å²) in [6, 6.07) is 6.77. The van der Waals surface area contributed by atoms with Crippen molar-refractivity contribution in [1.29, 1.82) is 0 Å². The maximum atomic E-state index is 12.0. The minimum atomic E-state index is -3.86. The summed E-state index contributed by atoms with van der Waals surface area (Å²) in [5, 5.41) is 8.37. The van der Waals surface area contributed by atoms with Gasteiger partial charge in [0.15, 0.2) is 0 Å². The van der Waals surface area contributed by atoms with E-state index in [1.54, 1.807) is 0 Å². The maximum absolute atomic E-state index is 12.0. The van der Waals surface area contributed by atoms with Crippen LogP contribution in [0.1, 0.15) is 21.5 Å². The van der Waals surface area contributed by atoms with Crippen LogP contribution in [0.15, 0.2) is 40.0 Å². The molecule has 2 heterocycles. The molecule has 2 aromatic rings. The van der Waals surface area contributed by atoms with E-state index in [0.29, 0.717) is 13.0 Å².